The number of benzene rings is 2. The lowest BCUT2D eigenvalue weighted by Crippen LogP contribution is -2.32. The number of aromatic hydroxyl groups is 1. The summed E-state index contributed by atoms with van der Waals surface area (Å²) in [6.45, 7) is 0.267. The van der Waals surface area contributed by atoms with Crippen molar-refractivity contribution in [3.05, 3.63) is 71.9 Å². The Morgan fingerprint density at radius 3 is 2.65 bits per heavy atom. The number of fused-ring (bicyclic) bond motifs is 1. The molecule has 176 valence electrons. The largest absolute Gasteiger partial charge is 0.503 e. The fourth-order valence-corrected chi connectivity index (χ4v) is 4.47. The zero-order valence-electron chi connectivity index (χ0n) is 18.1. The van der Waals surface area contributed by atoms with Crippen LogP contribution in [-0.4, -0.2) is 37.1 Å². The van der Waals surface area contributed by atoms with Gasteiger partial charge in [-0.15, -0.1) is 0 Å². The second kappa shape index (κ2) is 8.85. The highest BCUT2D eigenvalue weighted by Crippen LogP contribution is 2.33. The number of halogens is 3. The van der Waals surface area contributed by atoms with Crippen LogP contribution in [-0.2, 0) is 0 Å². The first-order chi connectivity index (χ1) is 16.4. The highest BCUT2D eigenvalue weighted by Gasteiger charge is 2.26. The van der Waals surface area contributed by atoms with Crippen LogP contribution in [0.4, 0.5) is 13.2 Å². The Morgan fingerprint density at radius 1 is 1.12 bits per heavy atom. The molecule has 0 radical (unpaired) electrons. The molecule has 0 aliphatic heterocycles. The van der Waals surface area contributed by atoms with Gasteiger partial charge in [-0.3, -0.25) is 9.48 Å². The van der Waals surface area contributed by atoms with Gasteiger partial charge < -0.3 is 10.4 Å². The van der Waals surface area contributed by atoms with E-state index in [9.17, 15) is 18.0 Å². The van der Waals surface area contributed by atoms with Gasteiger partial charge in [0.2, 0.25) is 5.82 Å². The maximum atomic E-state index is 13.9. The van der Waals surface area contributed by atoms with Crippen molar-refractivity contribution in [2.45, 2.75) is 31.7 Å². The Kier molecular flexibility index (Phi) is 5.72. The second-order valence-corrected chi connectivity index (χ2v) is 8.57. The molecule has 1 aliphatic carbocycles. The predicted octanol–water partition coefficient (Wildman–Crippen LogP) is 4.51. The first-order valence-corrected chi connectivity index (χ1v) is 11.0. The highest BCUT2D eigenvalue weighted by molar-refractivity contribution is 5.94. The van der Waals surface area contributed by atoms with Crippen LogP contribution in [0, 0.1) is 23.4 Å². The molecule has 1 saturated carbocycles. The lowest BCUT2D eigenvalue weighted by atomic mass is 9.86. The van der Waals surface area contributed by atoms with Crippen LogP contribution in [0.2, 0.25) is 0 Å². The Balaban J connectivity index is 1.19. The van der Waals surface area contributed by atoms with Gasteiger partial charge in [0.1, 0.15) is 0 Å². The summed E-state index contributed by atoms with van der Waals surface area (Å²) in [5.74, 6) is -6.91. The van der Waals surface area contributed by atoms with Crippen LogP contribution in [0.15, 0.2) is 48.9 Å². The summed E-state index contributed by atoms with van der Waals surface area (Å²) in [6, 6.07) is 8.60. The number of phenols is 1. The number of aromatic nitrogens is 4. The number of carbonyl (C=O) groups is 1. The molecule has 1 amide bonds. The Morgan fingerprint density at radius 2 is 1.91 bits per heavy atom. The fourth-order valence-electron chi connectivity index (χ4n) is 4.47. The molecular formula is C24H22F3N5O2. The molecular weight excluding hydrogens is 447 g/mol. The zero-order valence-corrected chi connectivity index (χ0v) is 18.1. The Bertz CT molecular complexity index is 1340. The fraction of sp³-hybridized carbons (Fsp3) is 0.292. The minimum atomic E-state index is -1.77. The molecule has 1 aliphatic rings. The summed E-state index contributed by atoms with van der Waals surface area (Å²) in [7, 11) is 0. The third-order valence-corrected chi connectivity index (χ3v) is 6.40. The topological polar surface area (TPSA) is 85.0 Å². The molecule has 5 rings (SSSR count). The van der Waals surface area contributed by atoms with E-state index in [0.717, 1.165) is 42.3 Å². The first-order valence-electron chi connectivity index (χ1n) is 11.0. The number of rotatable bonds is 5. The van der Waals surface area contributed by atoms with E-state index >= 15 is 0 Å². The molecule has 2 aromatic carbocycles. The van der Waals surface area contributed by atoms with Crippen molar-refractivity contribution in [2.75, 3.05) is 6.54 Å². The van der Waals surface area contributed by atoms with Gasteiger partial charge in [0, 0.05) is 30.5 Å². The quantitative estimate of drug-likeness (QED) is 0.422. The molecule has 0 atom stereocenters. The number of hydrogen-bond donors (Lipinski definition) is 2. The molecule has 2 aromatic heterocycles. The van der Waals surface area contributed by atoms with E-state index in [4.69, 9.17) is 10.2 Å². The van der Waals surface area contributed by atoms with E-state index in [1.807, 2.05) is 41.3 Å². The molecule has 1 fully saturated rings. The van der Waals surface area contributed by atoms with E-state index in [1.54, 1.807) is 10.9 Å². The van der Waals surface area contributed by atoms with Crippen molar-refractivity contribution in [3.63, 3.8) is 0 Å². The number of hydrogen-bond acceptors (Lipinski definition) is 4. The van der Waals surface area contributed by atoms with Crippen LogP contribution in [0.1, 0.15) is 42.1 Å². The Hall–Kier alpha value is -3.82. The molecule has 2 heterocycles. The van der Waals surface area contributed by atoms with E-state index in [1.165, 1.54) is 0 Å². The van der Waals surface area contributed by atoms with Gasteiger partial charge in [-0.25, -0.2) is 13.5 Å². The average Bonchev–Trinajstić information content (AvgIpc) is 3.53. The van der Waals surface area contributed by atoms with Crippen LogP contribution in [0.25, 0.3) is 16.6 Å². The van der Waals surface area contributed by atoms with E-state index in [0.29, 0.717) is 6.07 Å². The standard InChI is InChI=1S/C24H22F3N5O2/c25-19-11-18(21(26)22(27)23(19)33)24(34)28-12-14-2-5-16(6-3-14)32-13-15-4-7-17(10-20(15)30-32)31-9-1-8-29-31/h1,4,7-11,13-14,16,33H,2-3,5-6,12H2,(H,28,34)/t14-,16-. The van der Waals surface area contributed by atoms with Gasteiger partial charge in [0.05, 0.1) is 22.8 Å². The minimum absolute atomic E-state index is 0.159. The van der Waals surface area contributed by atoms with Gasteiger partial charge in [0.15, 0.2) is 17.4 Å². The van der Waals surface area contributed by atoms with Gasteiger partial charge in [-0.1, -0.05) is 0 Å². The van der Waals surface area contributed by atoms with Crippen LogP contribution >= 0.6 is 0 Å². The number of nitrogens with zero attached hydrogens (tertiary/aromatic N) is 4. The second-order valence-electron chi connectivity index (χ2n) is 8.57. The van der Waals surface area contributed by atoms with Crippen LogP contribution in [0.5, 0.6) is 5.75 Å². The van der Waals surface area contributed by atoms with Gasteiger partial charge >= 0.3 is 0 Å². The predicted molar refractivity (Wildman–Crippen MR) is 118 cm³/mol. The van der Waals surface area contributed by atoms with Gasteiger partial charge in [-0.2, -0.15) is 14.6 Å². The summed E-state index contributed by atoms with van der Waals surface area (Å²) in [6.07, 6.45) is 8.99. The van der Waals surface area contributed by atoms with Gasteiger partial charge in [0.25, 0.3) is 5.91 Å². The average molecular weight is 469 g/mol. The van der Waals surface area contributed by atoms with Crippen molar-refractivity contribution in [3.8, 4) is 11.4 Å². The number of phenolic OH excluding ortho intramolecular Hbond substituents is 1. The summed E-state index contributed by atoms with van der Waals surface area (Å²) in [5, 5.41) is 21.7. The SMILES string of the molecule is O=C(NC[C@H]1CC[C@H](n2cc3ccc(-n4cccn4)cc3n2)CC1)c1cc(F)c(O)c(F)c1F. The van der Waals surface area contributed by atoms with Crippen molar-refractivity contribution in [1.82, 2.24) is 24.9 Å². The number of amides is 1. The first kappa shape index (κ1) is 22.0. The third-order valence-electron chi connectivity index (χ3n) is 6.40. The van der Waals surface area contributed by atoms with E-state index < -0.39 is 34.7 Å². The lowest BCUT2D eigenvalue weighted by molar-refractivity contribution is 0.0935. The molecule has 0 saturated heterocycles. The third kappa shape index (κ3) is 4.11. The number of nitrogens with one attached hydrogen (secondary N) is 1. The molecule has 4 aromatic rings. The molecule has 34 heavy (non-hydrogen) atoms. The van der Waals surface area contributed by atoms with E-state index in [2.05, 4.69) is 10.4 Å². The summed E-state index contributed by atoms with van der Waals surface area (Å²) in [4.78, 5) is 12.2. The van der Waals surface area contributed by atoms with Crippen molar-refractivity contribution >= 4 is 16.8 Å². The van der Waals surface area contributed by atoms with Crippen molar-refractivity contribution in [1.29, 1.82) is 0 Å². The van der Waals surface area contributed by atoms with Crippen molar-refractivity contribution in [2.24, 2.45) is 5.92 Å². The van der Waals surface area contributed by atoms with Crippen LogP contribution < -0.4 is 5.32 Å². The summed E-state index contributed by atoms with van der Waals surface area (Å²) in [5.41, 5.74) is 1.06. The lowest BCUT2D eigenvalue weighted by Gasteiger charge is -2.28. The summed E-state index contributed by atoms with van der Waals surface area (Å²) >= 11 is 0. The normalized spacial score (nSPS) is 18.3. The summed E-state index contributed by atoms with van der Waals surface area (Å²) < 4.78 is 44.7. The van der Waals surface area contributed by atoms with Gasteiger partial charge in [-0.05, 0) is 61.9 Å². The number of carbonyl (C=O) groups excluding carboxylic acids is 1. The Labute approximate surface area is 192 Å². The van der Waals surface area contributed by atoms with E-state index in [-0.39, 0.29) is 18.5 Å². The maximum absolute atomic E-state index is 13.9. The highest BCUT2D eigenvalue weighted by atomic mass is 19.2. The molecule has 0 unspecified atom stereocenters. The van der Waals surface area contributed by atoms with Crippen LogP contribution in [0.3, 0.4) is 0 Å². The molecule has 0 spiro atoms. The smallest absolute Gasteiger partial charge is 0.254 e. The van der Waals surface area contributed by atoms with Crippen molar-refractivity contribution < 1.29 is 23.1 Å². The molecule has 2 N–H and O–H groups in total. The monoisotopic (exact) mass is 469 g/mol. The molecule has 7 nitrogen and oxygen atoms in total. The molecule has 0 bridgehead atoms. The zero-order chi connectivity index (χ0) is 23.8. The molecule has 10 heteroatoms. The maximum Gasteiger partial charge on any atom is 0.254 e. The minimum Gasteiger partial charge on any atom is -0.503 e.